The van der Waals surface area contributed by atoms with Gasteiger partial charge in [-0.3, -0.25) is 9.78 Å². The molecule has 2 rings (SSSR count). The van der Waals surface area contributed by atoms with Crippen molar-refractivity contribution in [3.05, 3.63) is 54.4 Å². The van der Waals surface area contributed by atoms with Crippen LogP contribution in [-0.2, 0) is 11.3 Å². The van der Waals surface area contributed by atoms with Crippen LogP contribution in [0.4, 0.5) is 0 Å². The summed E-state index contributed by atoms with van der Waals surface area (Å²) in [7, 11) is 1.62. The summed E-state index contributed by atoms with van der Waals surface area (Å²) < 4.78 is 10.6. The molecule has 6 nitrogen and oxygen atoms in total. The fourth-order valence-electron chi connectivity index (χ4n) is 1.88. The summed E-state index contributed by atoms with van der Waals surface area (Å²) in [4.78, 5) is 15.6. The minimum atomic E-state index is -0.0498. The minimum absolute atomic E-state index is 0.0498. The number of amides is 1. The zero-order valence-corrected chi connectivity index (χ0v) is 13.1. The summed E-state index contributed by atoms with van der Waals surface area (Å²) in [6.07, 6.45) is 3.41. The molecule has 0 saturated heterocycles. The summed E-state index contributed by atoms with van der Waals surface area (Å²) in [5.41, 5.74) is 1.02. The lowest BCUT2D eigenvalue weighted by Crippen LogP contribution is -2.35. The molecule has 0 aliphatic heterocycles. The van der Waals surface area contributed by atoms with Crippen LogP contribution in [0.2, 0.25) is 0 Å². The van der Waals surface area contributed by atoms with Crippen molar-refractivity contribution in [1.29, 1.82) is 0 Å². The van der Waals surface area contributed by atoms with Gasteiger partial charge >= 0.3 is 0 Å². The van der Waals surface area contributed by atoms with E-state index in [0.29, 0.717) is 19.7 Å². The van der Waals surface area contributed by atoms with Crippen molar-refractivity contribution < 1.29 is 14.3 Å². The molecule has 23 heavy (non-hydrogen) atoms. The lowest BCUT2D eigenvalue weighted by atomic mass is 10.3. The molecule has 1 aromatic carbocycles. The van der Waals surface area contributed by atoms with E-state index in [1.54, 1.807) is 19.5 Å². The lowest BCUT2D eigenvalue weighted by Gasteiger charge is -2.09. The van der Waals surface area contributed by atoms with Crippen LogP contribution in [0.25, 0.3) is 0 Å². The molecule has 2 aromatic rings. The highest BCUT2D eigenvalue weighted by Gasteiger charge is 2.01. The Balaban J connectivity index is 1.55. The van der Waals surface area contributed by atoms with E-state index in [-0.39, 0.29) is 12.5 Å². The van der Waals surface area contributed by atoms with E-state index >= 15 is 0 Å². The molecule has 1 heterocycles. The Morgan fingerprint density at radius 3 is 2.48 bits per heavy atom. The first-order valence-electron chi connectivity index (χ1n) is 7.41. The van der Waals surface area contributed by atoms with Crippen molar-refractivity contribution in [1.82, 2.24) is 15.6 Å². The lowest BCUT2D eigenvalue weighted by molar-refractivity contribution is -0.120. The number of carbonyl (C=O) groups excluding carboxylic acids is 1. The van der Waals surface area contributed by atoms with Gasteiger partial charge in [0.25, 0.3) is 0 Å². The average Bonchev–Trinajstić information content (AvgIpc) is 2.61. The molecule has 0 unspecified atom stereocenters. The molecule has 0 bridgehead atoms. The monoisotopic (exact) mass is 315 g/mol. The van der Waals surface area contributed by atoms with Gasteiger partial charge in [-0.2, -0.15) is 0 Å². The highest BCUT2D eigenvalue weighted by molar-refractivity contribution is 5.77. The first kappa shape index (κ1) is 16.8. The zero-order valence-electron chi connectivity index (χ0n) is 13.1. The highest BCUT2D eigenvalue weighted by atomic mass is 16.5. The molecule has 2 N–H and O–H groups in total. The first-order valence-corrected chi connectivity index (χ1v) is 7.41. The minimum Gasteiger partial charge on any atom is -0.497 e. The van der Waals surface area contributed by atoms with Crippen LogP contribution < -0.4 is 20.1 Å². The molecule has 1 amide bonds. The maximum atomic E-state index is 11.7. The van der Waals surface area contributed by atoms with Crippen LogP contribution in [0.3, 0.4) is 0 Å². The summed E-state index contributed by atoms with van der Waals surface area (Å²) >= 11 is 0. The van der Waals surface area contributed by atoms with Crippen LogP contribution in [0.1, 0.15) is 5.56 Å². The van der Waals surface area contributed by atoms with E-state index in [9.17, 15) is 4.79 Å². The number of benzene rings is 1. The Morgan fingerprint density at radius 1 is 1.09 bits per heavy atom. The van der Waals surface area contributed by atoms with Gasteiger partial charge in [0.05, 0.1) is 13.7 Å². The van der Waals surface area contributed by atoms with Gasteiger partial charge in [-0.15, -0.1) is 0 Å². The summed E-state index contributed by atoms with van der Waals surface area (Å²) in [5.74, 6) is 1.52. The smallest absolute Gasteiger partial charge is 0.234 e. The van der Waals surface area contributed by atoms with E-state index in [1.807, 2.05) is 36.4 Å². The Labute approximate surface area is 135 Å². The Morgan fingerprint density at radius 2 is 1.78 bits per heavy atom. The van der Waals surface area contributed by atoms with Gasteiger partial charge in [0.1, 0.15) is 18.1 Å². The predicted molar refractivity (Wildman–Crippen MR) is 87.4 cm³/mol. The van der Waals surface area contributed by atoms with E-state index in [1.165, 1.54) is 0 Å². The molecule has 122 valence electrons. The fraction of sp³-hybridized carbons (Fsp3) is 0.294. The van der Waals surface area contributed by atoms with E-state index < -0.39 is 0 Å². The fourth-order valence-corrected chi connectivity index (χ4v) is 1.88. The summed E-state index contributed by atoms with van der Waals surface area (Å²) in [6.45, 7) is 1.85. The number of methoxy groups -OCH3 is 1. The van der Waals surface area contributed by atoms with Gasteiger partial charge in [0.2, 0.25) is 5.91 Å². The third-order valence-electron chi connectivity index (χ3n) is 3.13. The number of pyridine rings is 1. The molecule has 0 saturated carbocycles. The molecule has 0 spiro atoms. The molecule has 0 aliphatic carbocycles. The molecule has 6 heteroatoms. The Bertz CT molecular complexity index is 588. The Hall–Kier alpha value is -2.60. The molecule has 1 aromatic heterocycles. The van der Waals surface area contributed by atoms with Crippen molar-refractivity contribution in [3.8, 4) is 11.5 Å². The van der Waals surface area contributed by atoms with Gasteiger partial charge in [-0.25, -0.2) is 0 Å². The summed E-state index contributed by atoms with van der Waals surface area (Å²) in [6, 6.07) is 11.1. The van der Waals surface area contributed by atoms with Gasteiger partial charge in [0.15, 0.2) is 0 Å². The SMILES string of the molecule is COc1ccc(OCCNCC(=O)NCc2ccncc2)cc1. The topological polar surface area (TPSA) is 72.5 Å². The number of rotatable bonds is 9. The van der Waals surface area contributed by atoms with Crippen LogP contribution in [0.15, 0.2) is 48.8 Å². The van der Waals surface area contributed by atoms with Crippen LogP contribution >= 0.6 is 0 Å². The first-order chi connectivity index (χ1) is 11.3. The maximum Gasteiger partial charge on any atom is 0.234 e. The van der Waals surface area contributed by atoms with Crippen LogP contribution in [-0.4, -0.2) is 37.7 Å². The van der Waals surface area contributed by atoms with Gasteiger partial charge < -0.3 is 20.1 Å². The Kier molecular flexibility index (Phi) is 6.87. The molecule has 0 radical (unpaired) electrons. The van der Waals surface area contributed by atoms with E-state index in [2.05, 4.69) is 15.6 Å². The van der Waals surface area contributed by atoms with Crippen molar-refractivity contribution in [2.45, 2.75) is 6.54 Å². The van der Waals surface area contributed by atoms with Gasteiger partial charge in [0, 0.05) is 25.5 Å². The molecule has 0 atom stereocenters. The van der Waals surface area contributed by atoms with Crippen LogP contribution in [0.5, 0.6) is 11.5 Å². The third-order valence-corrected chi connectivity index (χ3v) is 3.13. The maximum absolute atomic E-state index is 11.7. The standard InChI is InChI=1S/C17H21N3O3/c1-22-15-2-4-16(5-3-15)23-11-10-19-13-17(21)20-12-14-6-8-18-9-7-14/h2-9,19H,10-13H2,1H3,(H,20,21). The summed E-state index contributed by atoms with van der Waals surface area (Å²) in [5, 5.41) is 5.88. The number of ether oxygens (including phenoxy) is 2. The largest absolute Gasteiger partial charge is 0.497 e. The number of aromatic nitrogens is 1. The average molecular weight is 315 g/mol. The number of nitrogens with zero attached hydrogens (tertiary/aromatic N) is 1. The molecular weight excluding hydrogens is 294 g/mol. The zero-order chi connectivity index (χ0) is 16.3. The molecule has 0 aliphatic rings. The second kappa shape index (κ2) is 9.42. The van der Waals surface area contributed by atoms with Crippen molar-refractivity contribution in [2.75, 3.05) is 26.8 Å². The van der Waals surface area contributed by atoms with E-state index in [0.717, 1.165) is 17.1 Å². The number of hydrogen-bond acceptors (Lipinski definition) is 5. The van der Waals surface area contributed by atoms with Crippen molar-refractivity contribution >= 4 is 5.91 Å². The van der Waals surface area contributed by atoms with Gasteiger partial charge in [-0.1, -0.05) is 0 Å². The molecular formula is C17H21N3O3. The second-order valence-electron chi connectivity index (χ2n) is 4.83. The number of nitrogens with one attached hydrogen (secondary N) is 2. The van der Waals surface area contributed by atoms with Crippen molar-refractivity contribution in [2.24, 2.45) is 0 Å². The van der Waals surface area contributed by atoms with Crippen LogP contribution in [0, 0.1) is 0 Å². The third kappa shape index (κ3) is 6.36. The van der Waals surface area contributed by atoms with Crippen molar-refractivity contribution in [3.63, 3.8) is 0 Å². The normalized spacial score (nSPS) is 10.1. The second-order valence-corrected chi connectivity index (χ2v) is 4.83. The quantitative estimate of drug-likeness (QED) is 0.684. The van der Waals surface area contributed by atoms with E-state index in [4.69, 9.17) is 9.47 Å². The highest BCUT2D eigenvalue weighted by Crippen LogP contribution is 2.16. The number of carbonyl (C=O) groups is 1. The molecule has 0 fully saturated rings. The predicted octanol–water partition coefficient (Wildman–Crippen LogP) is 1.37. The number of hydrogen-bond donors (Lipinski definition) is 2. The van der Waals surface area contributed by atoms with Gasteiger partial charge in [-0.05, 0) is 42.0 Å².